The van der Waals surface area contributed by atoms with Crippen LogP contribution in [-0.2, 0) is 9.59 Å². The first-order chi connectivity index (χ1) is 10.4. The summed E-state index contributed by atoms with van der Waals surface area (Å²) in [7, 11) is 0. The van der Waals surface area contributed by atoms with Crippen molar-refractivity contribution in [3.05, 3.63) is 11.6 Å². The van der Waals surface area contributed by atoms with Crippen LogP contribution in [0.3, 0.4) is 0 Å². The summed E-state index contributed by atoms with van der Waals surface area (Å²) in [6, 6.07) is 0. The predicted octanol–water partition coefficient (Wildman–Crippen LogP) is 4.04. The minimum absolute atomic E-state index is 0.0530. The summed E-state index contributed by atoms with van der Waals surface area (Å²) in [5, 5.41) is 0. The van der Waals surface area contributed by atoms with Crippen molar-refractivity contribution in [2.45, 2.75) is 65.0 Å². The van der Waals surface area contributed by atoms with Gasteiger partial charge in [0.25, 0.3) is 0 Å². The van der Waals surface area contributed by atoms with E-state index in [1.807, 2.05) is 6.92 Å². The van der Waals surface area contributed by atoms with Crippen molar-refractivity contribution < 1.29 is 14.0 Å². The Kier molecular flexibility index (Phi) is 3.00. The number of hydrogen-bond donors (Lipinski definition) is 0. The summed E-state index contributed by atoms with van der Waals surface area (Å²) >= 11 is 0. The largest absolute Gasteiger partial charge is 0.290 e. The topological polar surface area (TPSA) is 34.1 Å². The van der Waals surface area contributed by atoms with E-state index >= 15 is 0 Å². The van der Waals surface area contributed by atoms with Gasteiger partial charge in [0.15, 0.2) is 0 Å². The van der Waals surface area contributed by atoms with E-state index in [9.17, 15) is 14.0 Å². The average Bonchev–Trinajstić information content (AvgIpc) is 2.71. The molecule has 0 saturated heterocycles. The Morgan fingerprint density at radius 2 is 1.82 bits per heavy atom. The fraction of sp³-hybridized carbons (Fsp3) is 0.789. The molecular formula is C19H25FO2. The molecule has 2 unspecified atom stereocenters. The van der Waals surface area contributed by atoms with Crippen LogP contribution in [0.25, 0.3) is 0 Å². The quantitative estimate of drug-likeness (QED) is 0.633. The summed E-state index contributed by atoms with van der Waals surface area (Å²) < 4.78 is 14.5. The SMILES string of the molecule is C[C@]12CC[C@H]3[C@@H](CCC4C(F)CCC[C@@]43C)C1=CC(=O)C2=O. The van der Waals surface area contributed by atoms with Crippen molar-refractivity contribution in [2.24, 2.45) is 28.6 Å². The Morgan fingerprint density at radius 3 is 2.59 bits per heavy atom. The molecule has 0 radical (unpaired) electrons. The van der Waals surface area contributed by atoms with Gasteiger partial charge in [0.1, 0.15) is 6.17 Å². The van der Waals surface area contributed by atoms with E-state index < -0.39 is 11.6 Å². The maximum atomic E-state index is 14.5. The highest BCUT2D eigenvalue weighted by atomic mass is 19.1. The number of hydrogen-bond acceptors (Lipinski definition) is 2. The second kappa shape index (κ2) is 4.52. The molecule has 0 bridgehead atoms. The number of allylic oxidation sites excluding steroid dienone is 2. The third-order valence-electron chi connectivity index (χ3n) is 7.60. The highest BCUT2D eigenvalue weighted by Gasteiger charge is 2.59. The van der Waals surface area contributed by atoms with Crippen LogP contribution >= 0.6 is 0 Å². The molecular weight excluding hydrogens is 279 g/mol. The van der Waals surface area contributed by atoms with Crippen molar-refractivity contribution in [2.75, 3.05) is 0 Å². The lowest BCUT2D eigenvalue weighted by Crippen LogP contribution is -2.53. The molecule has 4 rings (SSSR count). The summed E-state index contributed by atoms with van der Waals surface area (Å²) in [5.74, 6) is 0.432. The number of alkyl halides is 1. The maximum absolute atomic E-state index is 14.5. The number of carbonyl (C=O) groups excluding carboxylic acids is 2. The van der Waals surface area contributed by atoms with Gasteiger partial charge in [-0.15, -0.1) is 0 Å². The molecule has 4 aliphatic rings. The Labute approximate surface area is 131 Å². The lowest BCUT2D eigenvalue weighted by atomic mass is 9.46. The zero-order valence-corrected chi connectivity index (χ0v) is 13.5. The molecule has 0 spiro atoms. The van der Waals surface area contributed by atoms with E-state index in [4.69, 9.17) is 0 Å². The van der Waals surface area contributed by atoms with Crippen molar-refractivity contribution in [3.8, 4) is 0 Å². The summed E-state index contributed by atoms with van der Waals surface area (Å²) in [4.78, 5) is 24.2. The second-order valence-corrected chi connectivity index (χ2v) is 8.47. The smallest absolute Gasteiger partial charge is 0.222 e. The zero-order chi connectivity index (χ0) is 15.7. The van der Waals surface area contributed by atoms with E-state index in [-0.39, 0.29) is 22.9 Å². The maximum Gasteiger partial charge on any atom is 0.222 e. The van der Waals surface area contributed by atoms with Gasteiger partial charge >= 0.3 is 0 Å². The van der Waals surface area contributed by atoms with Crippen molar-refractivity contribution in [3.63, 3.8) is 0 Å². The number of carbonyl (C=O) groups is 2. The molecule has 3 heteroatoms. The van der Waals surface area contributed by atoms with Crippen LogP contribution in [0.4, 0.5) is 4.39 Å². The standard InChI is InChI=1S/C19H25FO2/c1-18-8-3-4-15(20)13(18)6-5-11-12(18)7-9-19(2)14(11)10-16(21)17(19)22/h10-13,15H,3-9H2,1-2H3/t11-,12+,13?,15?,18-,19+/m1/s1. The first kappa shape index (κ1) is 14.6. The first-order valence-electron chi connectivity index (χ1n) is 8.83. The first-order valence-corrected chi connectivity index (χ1v) is 8.83. The van der Waals surface area contributed by atoms with Crippen LogP contribution < -0.4 is 0 Å². The fourth-order valence-corrected chi connectivity index (χ4v) is 6.36. The minimum Gasteiger partial charge on any atom is -0.290 e. The van der Waals surface area contributed by atoms with Gasteiger partial charge in [0, 0.05) is 0 Å². The number of fused-ring (bicyclic) bond motifs is 5. The summed E-state index contributed by atoms with van der Waals surface area (Å²) in [6.45, 7) is 4.23. The normalized spacial score (nSPS) is 51.0. The molecule has 0 aromatic carbocycles. The second-order valence-electron chi connectivity index (χ2n) is 8.47. The molecule has 0 N–H and O–H groups in total. The molecule has 0 aliphatic heterocycles. The lowest BCUT2D eigenvalue weighted by Gasteiger charge is -2.58. The third kappa shape index (κ3) is 1.66. The van der Waals surface area contributed by atoms with Crippen LogP contribution in [-0.4, -0.2) is 17.7 Å². The van der Waals surface area contributed by atoms with E-state index in [1.165, 1.54) is 0 Å². The lowest BCUT2D eigenvalue weighted by molar-refractivity contribution is -0.139. The summed E-state index contributed by atoms with van der Waals surface area (Å²) in [5.41, 5.74) is 0.585. The number of rotatable bonds is 0. The van der Waals surface area contributed by atoms with Crippen molar-refractivity contribution in [1.29, 1.82) is 0 Å². The van der Waals surface area contributed by atoms with Gasteiger partial charge in [0.05, 0.1) is 5.41 Å². The van der Waals surface area contributed by atoms with E-state index in [2.05, 4.69) is 6.92 Å². The third-order valence-corrected chi connectivity index (χ3v) is 7.60. The van der Waals surface area contributed by atoms with Gasteiger partial charge in [-0.1, -0.05) is 6.92 Å². The molecule has 120 valence electrons. The Hall–Kier alpha value is -0.990. The molecule has 0 amide bonds. The monoisotopic (exact) mass is 304 g/mol. The molecule has 22 heavy (non-hydrogen) atoms. The van der Waals surface area contributed by atoms with Crippen LogP contribution in [0.5, 0.6) is 0 Å². The number of halogens is 1. The van der Waals surface area contributed by atoms with Crippen LogP contribution in [0.2, 0.25) is 0 Å². The molecule has 3 fully saturated rings. The number of Topliss-reactive ketones (excluding diaryl/α,β-unsaturated/α-hetero) is 1. The molecule has 0 aromatic rings. The Balaban J connectivity index is 1.73. The van der Waals surface area contributed by atoms with E-state index in [0.29, 0.717) is 11.8 Å². The van der Waals surface area contributed by atoms with Gasteiger partial charge in [-0.3, -0.25) is 9.59 Å². The predicted molar refractivity (Wildman–Crippen MR) is 82.0 cm³/mol. The van der Waals surface area contributed by atoms with Gasteiger partial charge in [0.2, 0.25) is 11.6 Å². The van der Waals surface area contributed by atoms with Crippen LogP contribution in [0.15, 0.2) is 11.6 Å². The Bertz CT molecular complexity index is 580. The van der Waals surface area contributed by atoms with Crippen molar-refractivity contribution >= 4 is 11.6 Å². The molecule has 3 saturated carbocycles. The molecule has 0 aromatic heterocycles. The Morgan fingerprint density at radius 1 is 1.05 bits per heavy atom. The van der Waals surface area contributed by atoms with Gasteiger partial charge in [-0.05, 0) is 86.7 Å². The van der Waals surface area contributed by atoms with Gasteiger partial charge < -0.3 is 0 Å². The average molecular weight is 304 g/mol. The molecule has 0 heterocycles. The van der Waals surface area contributed by atoms with E-state index in [0.717, 1.165) is 50.5 Å². The highest BCUT2D eigenvalue weighted by molar-refractivity contribution is 6.46. The minimum atomic E-state index is -0.658. The van der Waals surface area contributed by atoms with Crippen molar-refractivity contribution in [1.82, 2.24) is 0 Å². The molecule has 6 atom stereocenters. The van der Waals surface area contributed by atoms with Gasteiger partial charge in [-0.25, -0.2) is 4.39 Å². The van der Waals surface area contributed by atoms with Crippen LogP contribution in [0, 0.1) is 28.6 Å². The molecule has 2 nitrogen and oxygen atoms in total. The highest BCUT2D eigenvalue weighted by Crippen LogP contribution is 2.64. The zero-order valence-electron chi connectivity index (χ0n) is 13.5. The fourth-order valence-electron chi connectivity index (χ4n) is 6.36. The van der Waals surface area contributed by atoms with Gasteiger partial charge in [-0.2, -0.15) is 0 Å². The van der Waals surface area contributed by atoms with Crippen LogP contribution in [0.1, 0.15) is 58.8 Å². The molecule has 4 aliphatic carbocycles. The van der Waals surface area contributed by atoms with E-state index in [1.54, 1.807) is 6.08 Å². The summed E-state index contributed by atoms with van der Waals surface area (Å²) in [6.07, 6.45) is 7.38. The number of ketones is 2.